The minimum absolute atomic E-state index is 0.000960. The van der Waals surface area contributed by atoms with Gasteiger partial charge in [0, 0.05) is 44.5 Å². The van der Waals surface area contributed by atoms with Crippen molar-refractivity contribution in [3.05, 3.63) is 59.7 Å². The molecule has 0 saturated carbocycles. The maximum absolute atomic E-state index is 13.8. The summed E-state index contributed by atoms with van der Waals surface area (Å²) in [5, 5.41) is 3.05. The number of anilines is 2. The van der Waals surface area contributed by atoms with Gasteiger partial charge in [-0.2, -0.15) is 0 Å². The first-order valence-corrected chi connectivity index (χ1v) is 12.4. The second-order valence-corrected chi connectivity index (χ2v) is 10.6. The van der Waals surface area contributed by atoms with Gasteiger partial charge < -0.3 is 15.1 Å². The van der Waals surface area contributed by atoms with E-state index in [0.717, 1.165) is 35.3 Å². The van der Waals surface area contributed by atoms with Crippen molar-refractivity contribution in [1.82, 2.24) is 4.90 Å². The number of hydrogen-bond donors (Lipinski definition) is 1. The SMILES string of the molecule is CCC(C(=O)N(Cc1cc(NC(=O)CC(C)(C)C)ccc1N(C)C)C(C)CC)c1ccccc1. The summed E-state index contributed by atoms with van der Waals surface area (Å²) < 4.78 is 0. The second-order valence-electron chi connectivity index (χ2n) is 10.6. The number of rotatable bonds is 10. The van der Waals surface area contributed by atoms with Crippen LogP contribution in [0.4, 0.5) is 11.4 Å². The van der Waals surface area contributed by atoms with Crippen molar-refractivity contribution in [2.24, 2.45) is 5.41 Å². The molecule has 34 heavy (non-hydrogen) atoms. The van der Waals surface area contributed by atoms with Crippen LogP contribution in [0.5, 0.6) is 0 Å². The van der Waals surface area contributed by atoms with E-state index in [9.17, 15) is 9.59 Å². The van der Waals surface area contributed by atoms with Crippen molar-refractivity contribution in [1.29, 1.82) is 0 Å². The molecule has 0 radical (unpaired) electrons. The van der Waals surface area contributed by atoms with Gasteiger partial charge in [0.2, 0.25) is 11.8 Å². The zero-order chi connectivity index (χ0) is 25.5. The smallest absolute Gasteiger partial charge is 0.230 e. The molecule has 0 fully saturated rings. The van der Waals surface area contributed by atoms with Crippen molar-refractivity contribution in [2.45, 2.75) is 79.3 Å². The van der Waals surface area contributed by atoms with Crippen LogP contribution in [0.15, 0.2) is 48.5 Å². The first-order chi connectivity index (χ1) is 16.0. The van der Waals surface area contributed by atoms with Crippen LogP contribution in [0.3, 0.4) is 0 Å². The molecule has 2 rings (SSSR count). The van der Waals surface area contributed by atoms with Crippen molar-refractivity contribution in [3.63, 3.8) is 0 Å². The van der Waals surface area contributed by atoms with Crippen LogP contribution in [0, 0.1) is 5.41 Å². The summed E-state index contributed by atoms with van der Waals surface area (Å²) in [6.45, 7) is 13.0. The predicted molar refractivity (Wildman–Crippen MR) is 143 cm³/mol. The molecular weight excluding hydrogens is 422 g/mol. The third-order valence-electron chi connectivity index (χ3n) is 6.19. The van der Waals surface area contributed by atoms with Crippen LogP contribution in [-0.2, 0) is 16.1 Å². The summed E-state index contributed by atoms with van der Waals surface area (Å²) in [5.41, 5.74) is 3.81. The zero-order valence-corrected chi connectivity index (χ0v) is 22.3. The number of amides is 2. The van der Waals surface area contributed by atoms with Crippen molar-refractivity contribution < 1.29 is 9.59 Å². The number of nitrogens with zero attached hydrogens (tertiary/aromatic N) is 2. The lowest BCUT2D eigenvalue weighted by atomic mass is 9.92. The van der Waals surface area contributed by atoms with Crippen LogP contribution >= 0.6 is 0 Å². The monoisotopic (exact) mass is 465 g/mol. The summed E-state index contributed by atoms with van der Waals surface area (Å²) >= 11 is 0. The van der Waals surface area contributed by atoms with E-state index in [1.54, 1.807) is 0 Å². The third kappa shape index (κ3) is 7.61. The largest absolute Gasteiger partial charge is 0.377 e. The van der Waals surface area contributed by atoms with Gasteiger partial charge in [-0.25, -0.2) is 0 Å². The quantitative estimate of drug-likeness (QED) is 0.439. The highest BCUT2D eigenvalue weighted by Gasteiger charge is 2.28. The number of hydrogen-bond acceptors (Lipinski definition) is 3. The molecule has 2 atom stereocenters. The fraction of sp³-hybridized carbons (Fsp3) is 0.517. The van der Waals surface area contributed by atoms with Gasteiger partial charge in [0.25, 0.3) is 0 Å². The summed E-state index contributed by atoms with van der Waals surface area (Å²) in [4.78, 5) is 30.4. The van der Waals surface area contributed by atoms with Crippen LogP contribution < -0.4 is 10.2 Å². The highest BCUT2D eigenvalue weighted by atomic mass is 16.2. The standard InChI is InChI=1S/C29H43N3O2/c1-9-21(3)32(28(34)25(10-2)22-14-12-11-13-15-22)20-23-18-24(16-17-26(23)31(7)8)30-27(33)19-29(4,5)6/h11-18,21,25H,9-10,19-20H2,1-8H3,(H,30,33). The molecule has 0 saturated heterocycles. The van der Waals surface area contributed by atoms with E-state index >= 15 is 0 Å². The van der Waals surface area contributed by atoms with E-state index < -0.39 is 0 Å². The molecule has 0 aromatic heterocycles. The minimum Gasteiger partial charge on any atom is -0.377 e. The summed E-state index contributed by atoms with van der Waals surface area (Å²) in [6, 6.07) is 16.1. The topological polar surface area (TPSA) is 52.7 Å². The molecule has 0 heterocycles. The van der Waals surface area contributed by atoms with E-state index in [-0.39, 0.29) is 29.2 Å². The molecule has 1 N–H and O–H groups in total. The second kappa shape index (κ2) is 12.0. The first-order valence-electron chi connectivity index (χ1n) is 12.4. The zero-order valence-electron chi connectivity index (χ0n) is 22.3. The molecule has 0 aliphatic carbocycles. The Kier molecular flexibility index (Phi) is 9.72. The minimum atomic E-state index is -0.173. The molecule has 2 amide bonds. The molecule has 5 heteroatoms. The Labute approximate surface area is 206 Å². The molecule has 2 unspecified atom stereocenters. The van der Waals surface area contributed by atoms with Crippen molar-refractivity contribution in [2.75, 3.05) is 24.3 Å². The highest BCUT2D eigenvalue weighted by Crippen LogP contribution is 2.29. The Bertz CT molecular complexity index is 948. The lowest BCUT2D eigenvalue weighted by Gasteiger charge is -2.33. The van der Waals surface area contributed by atoms with E-state index in [1.165, 1.54) is 0 Å². The summed E-state index contributed by atoms with van der Waals surface area (Å²) in [5.74, 6) is -0.0244. The average molecular weight is 466 g/mol. The van der Waals surface area contributed by atoms with Crippen LogP contribution in [0.1, 0.15) is 77.8 Å². The molecular formula is C29H43N3O2. The first kappa shape index (κ1) is 27.4. The Morgan fingerprint density at radius 3 is 2.15 bits per heavy atom. The predicted octanol–water partition coefficient (Wildman–Crippen LogP) is 6.45. The van der Waals surface area contributed by atoms with Crippen LogP contribution in [0.25, 0.3) is 0 Å². The van der Waals surface area contributed by atoms with Gasteiger partial charge in [0.15, 0.2) is 0 Å². The molecule has 186 valence electrons. The van der Waals surface area contributed by atoms with E-state index in [2.05, 4.69) is 51.8 Å². The molecule has 2 aromatic carbocycles. The van der Waals surface area contributed by atoms with Gasteiger partial charge in [0.05, 0.1) is 5.92 Å². The lowest BCUT2D eigenvalue weighted by molar-refractivity contribution is -0.135. The highest BCUT2D eigenvalue weighted by molar-refractivity contribution is 5.91. The molecule has 0 aliphatic rings. The Morgan fingerprint density at radius 1 is 0.971 bits per heavy atom. The third-order valence-corrected chi connectivity index (χ3v) is 6.19. The number of nitrogens with one attached hydrogen (secondary N) is 1. The molecule has 0 spiro atoms. The fourth-order valence-electron chi connectivity index (χ4n) is 4.21. The summed E-state index contributed by atoms with van der Waals surface area (Å²) in [7, 11) is 4.01. The Balaban J connectivity index is 2.39. The number of carbonyl (C=O) groups is 2. The van der Waals surface area contributed by atoms with E-state index in [4.69, 9.17) is 0 Å². The Morgan fingerprint density at radius 2 is 1.62 bits per heavy atom. The van der Waals surface area contributed by atoms with Gasteiger partial charge in [-0.15, -0.1) is 0 Å². The molecule has 0 bridgehead atoms. The van der Waals surface area contributed by atoms with Gasteiger partial charge in [-0.1, -0.05) is 65.0 Å². The van der Waals surface area contributed by atoms with Gasteiger partial charge in [-0.05, 0) is 54.5 Å². The fourth-order valence-corrected chi connectivity index (χ4v) is 4.21. The number of benzene rings is 2. The van der Waals surface area contributed by atoms with Gasteiger partial charge >= 0.3 is 0 Å². The van der Waals surface area contributed by atoms with Crippen LogP contribution in [-0.4, -0.2) is 36.9 Å². The average Bonchev–Trinajstić information content (AvgIpc) is 2.76. The van der Waals surface area contributed by atoms with Crippen molar-refractivity contribution in [3.8, 4) is 0 Å². The van der Waals surface area contributed by atoms with E-state index in [1.807, 2.05) is 67.5 Å². The Hall–Kier alpha value is -2.82. The maximum atomic E-state index is 13.8. The van der Waals surface area contributed by atoms with E-state index in [0.29, 0.717) is 13.0 Å². The lowest BCUT2D eigenvalue weighted by Crippen LogP contribution is -2.41. The number of carbonyl (C=O) groups excluding carboxylic acids is 2. The van der Waals surface area contributed by atoms with Gasteiger partial charge in [-0.3, -0.25) is 9.59 Å². The summed E-state index contributed by atoms with van der Waals surface area (Å²) in [6.07, 6.45) is 2.07. The van der Waals surface area contributed by atoms with Crippen molar-refractivity contribution >= 4 is 23.2 Å². The normalized spacial score (nSPS) is 13.2. The molecule has 5 nitrogen and oxygen atoms in total. The van der Waals surface area contributed by atoms with Crippen LogP contribution in [0.2, 0.25) is 0 Å². The molecule has 2 aromatic rings. The van der Waals surface area contributed by atoms with Gasteiger partial charge in [0.1, 0.15) is 0 Å². The maximum Gasteiger partial charge on any atom is 0.230 e. The molecule has 0 aliphatic heterocycles.